The molecular formula is C13H20N4O2. The van der Waals surface area contributed by atoms with Gasteiger partial charge in [0.1, 0.15) is 0 Å². The number of rotatable bonds is 7. The van der Waals surface area contributed by atoms with Crippen molar-refractivity contribution in [3.8, 4) is 0 Å². The Morgan fingerprint density at radius 2 is 1.89 bits per heavy atom. The van der Waals surface area contributed by atoms with Crippen molar-refractivity contribution in [1.29, 1.82) is 0 Å². The standard InChI is InChI=1S/C13H20N4O2/c1-17(9-12(15)18)8-2-3-13(19)16-11-6-4-10(14)5-7-11/h4-7H,2-3,8-9,14H2,1H3,(H2,15,18)(H,16,19). The molecule has 2 amide bonds. The van der Waals surface area contributed by atoms with Gasteiger partial charge < -0.3 is 16.8 Å². The first-order valence-corrected chi connectivity index (χ1v) is 6.09. The number of amides is 2. The predicted octanol–water partition coefficient (Wildman–Crippen LogP) is 0.405. The Morgan fingerprint density at radius 3 is 2.47 bits per heavy atom. The Morgan fingerprint density at radius 1 is 1.26 bits per heavy atom. The summed E-state index contributed by atoms with van der Waals surface area (Å²) in [4.78, 5) is 24.1. The van der Waals surface area contributed by atoms with E-state index < -0.39 is 0 Å². The Bertz CT molecular complexity index is 431. The monoisotopic (exact) mass is 264 g/mol. The lowest BCUT2D eigenvalue weighted by molar-refractivity contribution is -0.118. The summed E-state index contributed by atoms with van der Waals surface area (Å²) < 4.78 is 0. The third kappa shape index (κ3) is 6.42. The molecule has 0 aliphatic carbocycles. The Kier molecular flexibility index (Phi) is 5.81. The molecule has 19 heavy (non-hydrogen) atoms. The van der Waals surface area contributed by atoms with Crippen molar-refractivity contribution in [3.05, 3.63) is 24.3 Å². The lowest BCUT2D eigenvalue weighted by Gasteiger charge is -2.13. The number of benzene rings is 1. The van der Waals surface area contributed by atoms with Crippen LogP contribution in [0.1, 0.15) is 12.8 Å². The van der Waals surface area contributed by atoms with Gasteiger partial charge in [-0.2, -0.15) is 0 Å². The summed E-state index contributed by atoms with van der Waals surface area (Å²) in [7, 11) is 1.79. The zero-order valence-electron chi connectivity index (χ0n) is 11.1. The highest BCUT2D eigenvalue weighted by Gasteiger charge is 2.05. The van der Waals surface area contributed by atoms with Gasteiger partial charge in [-0.15, -0.1) is 0 Å². The molecule has 1 aromatic rings. The fourth-order valence-electron chi connectivity index (χ4n) is 1.64. The first-order valence-electron chi connectivity index (χ1n) is 6.09. The summed E-state index contributed by atoms with van der Waals surface area (Å²) in [6.45, 7) is 0.859. The minimum absolute atomic E-state index is 0.0581. The maximum absolute atomic E-state index is 11.6. The molecule has 0 aliphatic heterocycles. The quantitative estimate of drug-likeness (QED) is 0.620. The maximum atomic E-state index is 11.6. The molecule has 0 saturated heterocycles. The van der Waals surface area contributed by atoms with E-state index in [0.717, 1.165) is 5.69 Å². The smallest absolute Gasteiger partial charge is 0.231 e. The molecule has 6 nitrogen and oxygen atoms in total. The zero-order chi connectivity index (χ0) is 14.3. The molecule has 1 rings (SSSR count). The highest BCUT2D eigenvalue weighted by Crippen LogP contribution is 2.10. The Balaban J connectivity index is 2.24. The number of hydrogen-bond acceptors (Lipinski definition) is 4. The van der Waals surface area contributed by atoms with Crippen LogP contribution >= 0.6 is 0 Å². The number of nitrogens with two attached hydrogens (primary N) is 2. The fourth-order valence-corrected chi connectivity index (χ4v) is 1.64. The van der Waals surface area contributed by atoms with E-state index in [9.17, 15) is 9.59 Å². The van der Waals surface area contributed by atoms with Crippen LogP contribution in [0.4, 0.5) is 11.4 Å². The van der Waals surface area contributed by atoms with Crippen molar-refractivity contribution >= 4 is 23.2 Å². The second kappa shape index (κ2) is 7.38. The average Bonchev–Trinajstić information content (AvgIpc) is 2.31. The third-order valence-corrected chi connectivity index (χ3v) is 2.56. The first kappa shape index (κ1) is 15.0. The van der Waals surface area contributed by atoms with Crippen LogP contribution in [0.25, 0.3) is 0 Å². The average molecular weight is 264 g/mol. The predicted molar refractivity (Wildman–Crippen MR) is 75.4 cm³/mol. The topological polar surface area (TPSA) is 101 Å². The molecule has 0 aliphatic rings. The van der Waals surface area contributed by atoms with Gasteiger partial charge in [0.05, 0.1) is 6.54 Å². The summed E-state index contributed by atoms with van der Waals surface area (Å²) in [6.07, 6.45) is 1.07. The molecular weight excluding hydrogens is 244 g/mol. The molecule has 0 fully saturated rings. The number of hydrogen-bond donors (Lipinski definition) is 3. The molecule has 104 valence electrons. The van der Waals surface area contributed by atoms with Gasteiger partial charge in [-0.1, -0.05) is 0 Å². The van der Waals surface area contributed by atoms with Crippen molar-refractivity contribution in [2.24, 2.45) is 5.73 Å². The summed E-state index contributed by atoms with van der Waals surface area (Å²) in [6, 6.07) is 6.98. The minimum Gasteiger partial charge on any atom is -0.399 e. The zero-order valence-corrected chi connectivity index (χ0v) is 11.1. The molecule has 0 spiro atoms. The van der Waals surface area contributed by atoms with E-state index in [1.807, 2.05) is 0 Å². The van der Waals surface area contributed by atoms with Crippen LogP contribution in [0, 0.1) is 0 Å². The second-order valence-electron chi connectivity index (χ2n) is 4.48. The van der Waals surface area contributed by atoms with Gasteiger partial charge in [-0.3, -0.25) is 14.5 Å². The van der Waals surface area contributed by atoms with Gasteiger partial charge >= 0.3 is 0 Å². The Labute approximate surface area is 112 Å². The molecule has 0 radical (unpaired) electrons. The lowest BCUT2D eigenvalue weighted by atomic mass is 10.2. The molecule has 0 bridgehead atoms. The first-order chi connectivity index (χ1) is 8.97. The van der Waals surface area contributed by atoms with E-state index in [4.69, 9.17) is 11.5 Å². The minimum atomic E-state index is -0.367. The van der Waals surface area contributed by atoms with Crippen molar-refractivity contribution in [3.63, 3.8) is 0 Å². The van der Waals surface area contributed by atoms with Gasteiger partial charge in [-0.25, -0.2) is 0 Å². The number of nitrogen functional groups attached to an aromatic ring is 1. The molecule has 5 N–H and O–H groups in total. The van der Waals surface area contributed by atoms with Crippen LogP contribution in [0.2, 0.25) is 0 Å². The number of carbonyl (C=O) groups excluding carboxylic acids is 2. The van der Waals surface area contributed by atoms with Crippen LogP contribution < -0.4 is 16.8 Å². The van der Waals surface area contributed by atoms with Crippen LogP contribution in [-0.2, 0) is 9.59 Å². The SMILES string of the molecule is CN(CCCC(=O)Nc1ccc(N)cc1)CC(N)=O. The summed E-state index contributed by atoms with van der Waals surface area (Å²) in [5, 5.41) is 2.78. The van der Waals surface area contributed by atoms with Crippen molar-refractivity contribution in [2.45, 2.75) is 12.8 Å². The molecule has 1 aromatic carbocycles. The van der Waals surface area contributed by atoms with Crippen LogP contribution in [0.15, 0.2) is 24.3 Å². The van der Waals surface area contributed by atoms with Crippen LogP contribution in [0.3, 0.4) is 0 Å². The third-order valence-electron chi connectivity index (χ3n) is 2.56. The highest BCUT2D eigenvalue weighted by molar-refractivity contribution is 5.90. The number of carbonyl (C=O) groups is 2. The molecule has 0 atom stereocenters. The largest absolute Gasteiger partial charge is 0.399 e. The van der Waals surface area contributed by atoms with E-state index in [1.165, 1.54) is 0 Å². The van der Waals surface area contributed by atoms with Crippen LogP contribution in [-0.4, -0.2) is 36.9 Å². The van der Waals surface area contributed by atoms with Crippen molar-refractivity contribution in [1.82, 2.24) is 4.90 Å². The Hall–Kier alpha value is -2.08. The number of nitrogens with zero attached hydrogens (tertiary/aromatic N) is 1. The molecule has 0 heterocycles. The molecule has 6 heteroatoms. The van der Waals surface area contributed by atoms with Gasteiger partial charge in [-0.05, 0) is 44.3 Å². The van der Waals surface area contributed by atoms with E-state index >= 15 is 0 Å². The number of anilines is 2. The normalized spacial score (nSPS) is 10.4. The van der Waals surface area contributed by atoms with E-state index in [-0.39, 0.29) is 18.4 Å². The molecule has 0 saturated carbocycles. The van der Waals surface area contributed by atoms with Gasteiger partial charge in [0.15, 0.2) is 0 Å². The van der Waals surface area contributed by atoms with Crippen molar-refractivity contribution < 1.29 is 9.59 Å². The number of likely N-dealkylation sites (N-methyl/N-ethyl adjacent to an activating group) is 1. The van der Waals surface area contributed by atoms with Gasteiger partial charge in [0, 0.05) is 17.8 Å². The second-order valence-corrected chi connectivity index (χ2v) is 4.48. The summed E-state index contributed by atoms with van der Waals surface area (Å²) in [5.74, 6) is -0.425. The fraction of sp³-hybridized carbons (Fsp3) is 0.385. The lowest BCUT2D eigenvalue weighted by Crippen LogP contribution is -2.31. The van der Waals surface area contributed by atoms with E-state index in [2.05, 4.69) is 5.32 Å². The van der Waals surface area contributed by atoms with Crippen molar-refractivity contribution in [2.75, 3.05) is 31.2 Å². The van der Waals surface area contributed by atoms with Gasteiger partial charge in [0.2, 0.25) is 11.8 Å². The summed E-state index contributed by atoms with van der Waals surface area (Å²) in [5.41, 5.74) is 12.0. The van der Waals surface area contributed by atoms with Crippen LogP contribution in [0.5, 0.6) is 0 Å². The highest BCUT2D eigenvalue weighted by atomic mass is 16.2. The molecule has 0 aromatic heterocycles. The molecule has 0 unspecified atom stereocenters. The maximum Gasteiger partial charge on any atom is 0.231 e. The van der Waals surface area contributed by atoms with E-state index in [1.54, 1.807) is 36.2 Å². The van der Waals surface area contributed by atoms with E-state index in [0.29, 0.717) is 25.1 Å². The van der Waals surface area contributed by atoms with Gasteiger partial charge in [0.25, 0.3) is 0 Å². The number of primary amides is 1. The summed E-state index contributed by atoms with van der Waals surface area (Å²) >= 11 is 0. The number of nitrogens with one attached hydrogen (secondary N) is 1.